The summed E-state index contributed by atoms with van der Waals surface area (Å²) in [5, 5.41) is 10.6. The van der Waals surface area contributed by atoms with Gasteiger partial charge in [-0.1, -0.05) is 277 Å². The van der Waals surface area contributed by atoms with Gasteiger partial charge in [0, 0.05) is 19.3 Å². The zero-order valence-corrected chi connectivity index (χ0v) is 65.5. The minimum absolute atomic E-state index is 0.0792. The summed E-state index contributed by atoms with van der Waals surface area (Å²) in [5.74, 6) is -2.37. The lowest BCUT2D eigenvalue weighted by atomic mass is 10.1. The molecule has 0 radical (unpaired) electrons. The maximum Gasteiger partial charge on any atom is 0.472 e. The number of phosphoric acid groups is 2. The van der Waals surface area contributed by atoms with Crippen LogP contribution in [0.1, 0.15) is 310 Å². The molecule has 0 aliphatic heterocycles. The topological polar surface area (TPSA) is 237 Å². The van der Waals surface area contributed by atoms with Crippen LogP contribution < -0.4 is 0 Å². The van der Waals surface area contributed by atoms with Crippen molar-refractivity contribution in [1.82, 2.24) is 0 Å². The van der Waals surface area contributed by atoms with Crippen LogP contribution in [0.3, 0.4) is 0 Å². The first kappa shape index (κ1) is 97.2. The Morgan fingerprint density at radius 3 is 0.882 bits per heavy atom. The van der Waals surface area contributed by atoms with E-state index in [0.717, 1.165) is 154 Å². The molecule has 0 heterocycles. The second-order valence-electron chi connectivity index (χ2n) is 25.9. The van der Waals surface area contributed by atoms with Crippen molar-refractivity contribution in [3.05, 3.63) is 134 Å². The molecule has 0 aliphatic carbocycles. The quantitative estimate of drug-likeness (QED) is 0.0169. The summed E-state index contributed by atoms with van der Waals surface area (Å²) in [4.78, 5) is 72.9. The van der Waals surface area contributed by atoms with Gasteiger partial charge in [0.15, 0.2) is 12.2 Å². The van der Waals surface area contributed by atoms with Crippen molar-refractivity contribution < 1.29 is 80.2 Å². The number of hydrogen-bond acceptors (Lipinski definition) is 15. The second-order valence-corrected chi connectivity index (χ2v) is 28.8. The number of unbranched alkanes of at least 4 members (excludes halogenated alkanes) is 26. The van der Waals surface area contributed by atoms with Gasteiger partial charge in [0.2, 0.25) is 0 Å². The molecule has 5 unspecified atom stereocenters. The molecule has 102 heavy (non-hydrogen) atoms. The Balaban J connectivity index is 5.46. The largest absolute Gasteiger partial charge is 0.472 e. The number of aliphatic hydroxyl groups excluding tert-OH is 1. The zero-order chi connectivity index (χ0) is 74.6. The molecule has 0 fully saturated rings. The minimum atomic E-state index is -5.01. The molecule has 0 amide bonds. The smallest absolute Gasteiger partial charge is 0.462 e. The van der Waals surface area contributed by atoms with Gasteiger partial charge < -0.3 is 33.8 Å². The predicted octanol–water partition coefficient (Wildman–Crippen LogP) is 22.9. The first-order valence-corrected chi connectivity index (χ1v) is 42.4. The van der Waals surface area contributed by atoms with E-state index in [1.165, 1.54) is 77.0 Å². The summed E-state index contributed by atoms with van der Waals surface area (Å²) in [6.45, 7) is 4.48. The Morgan fingerprint density at radius 1 is 0.294 bits per heavy atom. The summed E-state index contributed by atoms with van der Waals surface area (Å²) < 4.78 is 68.4. The number of hydrogen-bond donors (Lipinski definition) is 3. The third-order valence-corrected chi connectivity index (χ3v) is 18.0. The van der Waals surface area contributed by atoms with Gasteiger partial charge in [-0.15, -0.1) is 0 Å². The van der Waals surface area contributed by atoms with Crippen LogP contribution in [0.2, 0.25) is 0 Å². The lowest BCUT2D eigenvalue weighted by molar-refractivity contribution is -0.161. The maximum atomic E-state index is 13.1. The first-order valence-electron chi connectivity index (χ1n) is 39.4. The Hall–Kier alpha value is -4.80. The number of aliphatic hydroxyl groups is 1. The number of allylic oxidation sites excluding steroid dienone is 21. The Kier molecular flexibility index (Phi) is 71.0. The van der Waals surface area contributed by atoms with E-state index in [-0.39, 0.29) is 25.7 Å². The average Bonchev–Trinajstić information content (AvgIpc) is 0.919. The zero-order valence-electron chi connectivity index (χ0n) is 63.7. The third kappa shape index (κ3) is 73.5. The van der Waals surface area contributed by atoms with Gasteiger partial charge in [-0.3, -0.25) is 37.3 Å². The van der Waals surface area contributed by atoms with E-state index in [1.54, 1.807) is 12.2 Å². The highest BCUT2D eigenvalue weighted by molar-refractivity contribution is 7.47. The molecule has 0 bridgehead atoms. The molecule has 5 atom stereocenters. The van der Waals surface area contributed by atoms with Crippen LogP contribution in [-0.2, 0) is 65.4 Å². The van der Waals surface area contributed by atoms with Crippen molar-refractivity contribution in [2.75, 3.05) is 39.6 Å². The van der Waals surface area contributed by atoms with Gasteiger partial charge >= 0.3 is 39.5 Å². The second kappa shape index (κ2) is 74.5. The van der Waals surface area contributed by atoms with Crippen molar-refractivity contribution >= 4 is 39.5 Å². The van der Waals surface area contributed by atoms with Crippen LogP contribution in [-0.4, -0.2) is 96.7 Å². The normalized spacial score (nSPS) is 14.6. The first-order chi connectivity index (χ1) is 49.7. The molecule has 0 aromatic heterocycles. The number of phosphoric ester groups is 2. The monoisotopic (exact) mass is 1470 g/mol. The molecule has 17 nitrogen and oxygen atoms in total. The van der Waals surface area contributed by atoms with Crippen molar-refractivity contribution in [2.45, 2.75) is 329 Å². The highest BCUT2D eigenvalue weighted by Crippen LogP contribution is 2.45. The highest BCUT2D eigenvalue weighted by atomic mass is 31.2. The van der Waals surface area contributed by atoms with E-state index in [9.17, 15) is 43.2 Å². The van der Waals surface area contributed by atoms with E-state index < -0.39 is 97.5 Å². The third-order valence-electron chi connectivity index (χ3n) is 16.1. The summed E-state index contributed by atoms with van der Waals surface area (Å²) >= 11 is 0. The van der Waals surface area contributed by atoms with Crippen LogP contribution in [0, 0.1) is 0 Å². The fraction of sp³-hybridized carbons (Fsp3) is 0.687. The molecule has 3 N–H and O–H groups in total. The lowest BCUT2D eigenvalue weighted by Crippen LogP contribution is -2.30. The van der Waals surface area contributed by atoms with E-state index in [1.807, 2.05) is 12.2 Å². The number of carbonyl (C=O) groups is 4. The van der Waals surface area contributed by atoms with Gasteiger partial charge in [-0.05, 0) is 141 Å². The Morgan fingerprint density at radius 2 is 0.549 bits per heavy atom. The lowest BCUT2D eigenvalue weighted by Gasteiger charge is -2.21. The number of rotatable bonds is 73. The molecule has 19 heteroatoms. The van der Waals surface area contributed by atoms with Crippen LogP contribution >= 0.6 is 15.6 Å². The van der Waals surface area contributed by atoms with Crippen molar-refractivity contribution in [3.8, 4) is 0 Å². The number of carbonyl (C=O) groups excluding carboxylic acids is 4. The van der Waals surface area contributed by atoms with E-state index in [4.69, 9.17) is 37.0 Å². The summed E-state index contributed by atoms with van der Waals surface area (Å²) in [7, 11) is -10.0. The predicted molar refractivity (Wildman–Crippen MR) is 418 cm³/mol. The molecule has 0 aliphatic rings. The molecule has 584 valence electrons. The van der Waals surface area contributed by atoms with Crippen molar-refractivity contribution in [2.24, 2.45) is 0 Å². The maximum absolute atomic E-state index is 13.1. The van der Waals surface area contributed by atoms with Crippen LogP contribution in [0.5, 0.6) is 0 Å². The standard InChI is InChI=1S/C83H140O17P2/c1-5-9-13-17-21-25-29-33-37-38-42-44-48-52-56-60-64-68-81(86)94-74-79(100-83(88)70-66-62-58-54-50-46-41-36-32-28-24-20-16-12-8-4)76-98-102(91,92)96-72-77(84)71-95-101(89,90)97-75-78(99-82(87)69-65-61-57-53-49-45-40-35-31-27-23-19-15-11-7-3)73-93-80(85)67-63-59-55-51-47-43-39-34-30-26-22-18-14-10-6-2/h9,12-13,16,21,24-25,28,33-37,39-42,44,50,54,62,66,77-79,84H,5-8,10-11,14-15,17-20,22-23,26-27,29-32,38,43,45-49,51-53,55-61,63-65,67-76H2,1-4H3,(H,89,90)(H,91,92)/b13-9-,16-12-,25-21-,28-24-,37-33-,39-34-,40-35-,41-36-,44-42-,54-50-,66-62-. The van der Waals surface area contributed by atoms with Gasteiger partial charge in [-0.2, -0.15) is 0 Å². The summed E-state index contributed by atoms with van der Waals surface area (Å²) in [6.07, 6.45) is 83.2. The molecule has 0 aromatic rings. The van der Waals surface area contributed by atoms with E-state index in [2.05, 4.69) is 137 Å². The Labute approximate surface area is 618 Å². The molecule has 0 saturated heterocycles. The summed E-state index contributed by atoms with van der Waals surface area (Å²) in [6, 6.07) is 0. The molecule has 0 spiro atoms. The van der Waals surface area contributed by atoms with Crippen molar-refractivity contribution in [3.63, 3.8) is 0 Å². The minimum Gasteiger partial charge on any atom is -0.462 e. The van der Waals surface area contributed by atoms with Gasteiger partial charge in [0.05, 0.1) is 32.8 Å². The molecular formula is C83H140O17P2. The van der Waals surface area contributed by atoms with Crippen LogP contribution in [0.15, 0.2) is 134 Å². The summed E-state index contributed by atoms with van der Waals surface area (Å²) in [5.41, 5.74) is 0. The fourth-order valence-corrected chi connectivity index (χ4v) is 11.7. The van der Waals surface area contributed by atoms with Crippen LogP contribution in [0.4, 0.5) is 0 Å². The van der Waals surface area contributed by atoms with Gasteiger partial charge in [0.25, 0.3) is 0 Å². The van der Waals surface area contributed by atoms with Crippen LogP contribution in [0.25, 0.3) is 0 Å². The molecule has 0 rings (SSSR count). The van der Waals surface area contributed by atoms with Gasteiger partial charge in [-0.25, -0.2) is 9.13 Å². The Bertz CT molecular complexity index is 2460. The molecule has 0 saturated carbocycles. The SMILES string of the molecule is CC/C=C\C/C=C\C/C=C\C/C=C\C/C=C\CC(=O)OC(COC(=O)CCCCCC/C=C\C/C=C\C/C=C\C/C=C\CC)COP(=O)(O)OCC(O)COP(=O)(O)OCC(COC(=O)CCCCCCC/C=C\CCCCCCCC)OC(=O)CCCCCCC/C=C\CCCCCCCC. The van der Waals surface area contributed by atoms with E-state index >= 15 is 0 Å². The highest BCUT2D eigenvalue weighted by Gasteiger charge is 2.30. The van der Waals surface area contributed by atoms with Gasteiger partial charge in [0.1, 0.15) is 19.3 Å². The van der Waals surface area contributed by atoms with Crippen molar-refractivity contribution in [1.29, 1.82) is 0 Å². The molecule has 0 aromatic carbocycles. The molecular weight excluding hydrogens is 1330 g/mol. The van der Waals surface area contributed by atoms with E-state index in [0.29, 0.717) is 25.7 Å². The number of esters is 4. The average molecular weight is 1470 g/mol. The number of ether oxygens (including phenoxy) is 4. The fourth-order valence-electron chi connectivity index (χ4n) is 10.2.